The molecule has 1 heterocycles. The number of rotatable bonds is 2. The molecule has 1 N–H and O–H groups in total. The van der Waals surface area contributed by atoms with E-state index in [9.17, 15) is 0 Å². The molecule has 0 unspecified atom stereocenters. The van der Waals surface area contributed by atoms with Gasteiger partial charge >= 0.3 is 0 Å². The van der Waals surface area contributed by atoms with Crippen LogP contribution in [0.3, 0.4) is 0 Å². The Hall–Kier alpha value is -0.840. The van der Waals surface area contributed by atoms with E-state index in [1.807, 2.05) is 24.3 Å². The highest BCUT2D eigenvalue weighted by atomic mass is 35.5. The molecule has 104 valence electrons. The van der Waals surface area contributed by atoms with Crippen LogP contribution in [0.4, 0.5) is 0 Å². The van der Waals surface area contributed by atoms with Crippen LogP contribution in [0.25, 0.3) is 0 Å². The zero-order chi connectivity index (χ0) is 13.8. The molecular formula is C14H19ClN2OS. The molecule has 0 saturated carbocycles. The van der Waals surface area contributed by atoms with Crippen molar-refractivity contribution in [2.75, 3.05) is 13.1 Å². The lowest BCUT2D eigenvalue weighted by Gasteiger charge is -2.36. The van der Waals surface area contributed by atoms with Crippen molar-refractivity contribution >= 4 is 28.9 Å². The van der Waals surface area contributed by atoms with Gasteiger partial charge < -0.3 is 15.0 Å². The van der Waals surface area contributed by atoms with Gasteiger partial charge in [-0.15, -0.1) is 0 Å². The molecule has 5 heteroatoms. The Morgan fingerprint density at radius 2 is 1.89 bits per heavy atom. The first-order valence-electron chi connectivity index (χ1n) is 6.47. The maximum absolute atomic E-state index is 5.86. The third-order valence-corrected chi connectivity index (χ3v) is 3.72. The Kier molecular flexibility index (Phi) is 5.02. The summed E-state index contributed by atoms with van der Waals surface area (Å²) in [5.74, 6) is 0. The third kappa shape index (κ3) is 4.34. The number of halogens is 1. The lowest BCUT2D eigenvalue weighted by molar-refractivity contribution is -0.0482. The first kappa shape index (κ1) is 14.6. The third-order valence-electron chi connectivity index (χ3n) is 3.06. The van der Waals surface area contributed by atoms with E-state index in [-0.39, 0.29) is 12.2 Å². The molecule has 1 aromatic carbocycles. The van der Waals surface area contributed by atoms with Gasteiger partial charge in [0.2, 0.25) is 0 Å². The highest BCUT2D eigenvalue weighted by Gasteiger charge is 2.23. The molecule has 0 amide bonds. The number of morpholine rings is 1. The smallest absolute Gasteiger partial charge is 0.169 e. The molecule has 1 fully saturated rings. The van der Waals surface area contributed by atoms with E-state index in [1.165, 1.54) is 5.56 Å². The fraction of sp³-hybridized carbons (Fsp3) is 0.500. The maximum atomic E-state index is 5.86. The molecular weight excluding hydrogens is 280 g/mol. The van der Waals surface area contributed by atoms with Gasteiger partial charge in [0.25, 0.3) is 0 Å². The van der Waals surface area contributed by atoms with Crippen molar-refractivity contribution in [1.82, 2.24) is 10.2 Å². The summed E-state index contributed by atoms with van der Waals surface area (Å²) in [7, 11) is 0. The Labute approximate surface area is 124 Å². The highest BCUT2D eigenvalue weighted by molar-refractivity contribution is 7.80. The quantitative estimate of drug-likeness (QED) is 0.849. The van der Waals surface area contributed by atoms with Gasteiger partial charge in [0.05, 0.1) is 12.2 Å². The lowest BCUT2D eigenvalue weighted by Crippen LogP contribution is -2.51. The Morgan fingerprint density at radius 1 is 1.32 bits per heavy atom. The summed E-state index contributed by atoms with van der Waals surface area (Å²) in [6, 6.07) is 7.78. The van der Waals surface area contributed by atoms with Crippen LogP contribution in [0.2, 0.25) is 5.02 Å². The average Bonchev–Trinajstić information content (AvgIpc) is 2.36. The van der Waals surface area contributed by atoms with Crippen LogP contribution in [0.15, 0.2) is 24.3 Å². The van der Waals surface area contributed by atoms with Crippen molar-refractivity contribution in [2.45, 2.75) is 32.6 Å². The summed E-state index contributed by atoms with van der Waals surface area (Å²) in [6.45, 7) is 6.55. The van der Waals surface area contributed by atoms with Crippen LogP contribution in [0.5, 0.6) is 0 Å². The van der Waals surface area contributed by atoms with E-state index in [0.717, 1.165) is 29.8 Å². The second kappa shape index (κ2) is 6.55. The van der Waals surface area contributed by atoms with Crippen LogP contribution in [0, 0.1) is 0 Å². The van der Waals surface area contributed by atoms with Crippen LogP contribution >= 0.6 is 23.8 Å². The molecule has 3 nitrogen and oxygen atoms in total. The standard InChI is InChI=1S/C14H19ClN2OS/c1-10-8-17(9-11(2)18-10)14(19)16-7-12-3-5-13(15)6-4-12/h3-6,10-11H,7-9H2,1-2H3,(H,16,19)/t10-,11-/m0/s1. The van der Waals surface area contributed by atoms with E-state index < -0.39 is 0 Å². The fourth-order valence-electron chi connectivity index (χ4n) is 2.24. The second-order valence-corrected chi connectivity index (χ2v) is 5.77. The van der Waals surface area contributed by atoms with Gasteiger partial charge in [0.15, 0.2) is 5.11 Å². The summed E-state index contributed by atoms with van der Waals surface area (Å²) in [5, 5.41) is 4.83. The SMILES string of the molecule is C[C@H]1CN(C(=S)NCc2ccc(Cl)cc2)C[C@H](C)O1. The van der Waals surface area contributed by atoms with Crippen molar-refractivity contribution in [3.8, 4) is 0 Å². The largest absolute Gasteiger partial charge is 0.372 e. The van der Waals surface area contributed by atoms with Gasteiger partial charge in [-0.3, -0.25) is 0 Å². The molecule has 2 atom stereocenters. The zero-order valence-electron chi connectivity index (χ0n) is 11.2. The molecule has 2 rings (SSSR count). The molecule has 1 aliphatic rings. The number of hydrogen-bond donors (Lipinski definition) is 1. The van der Waals surface area contributed by atoms with Crippen LogP contribution < -0.4 is 5.32 Å². The molecule has 1 aliphatic heterocycles. The summed E-state index contributed by atoms with van der Waals surface area (Å²) in [4.78, 5) is 2.17. The minimum atomic E-state index is 0.221. The maximum Gasteiger partial charge on any atom is 0.169 e. The Bertz CT molecular complexity index is 428. The molecule has 0 bridgehead atoms. The molecule has 0 radical (unpaired) electrons. The summed E-state index contributed by atoms with van der Waals surface area (Å²) in [6.07, 6.45) is 0.443. The van der Waals surface area contributed by atoms with Gasteiger partial charge in [-0.25, -0.2) is 0 Å². The average molecular weight is 299 g/mol. The zero-order valence-corrected chi connectivity index (χ0v) is 12.8. The predicted octanol–water partition coefficient (Wildman–Crippen LogP) is 2.82. The molecule has 19 heavy (non-hydrogen) atoms. The van der Waals surface area contributed by atoms with E-state index in [1.54, 1.807) is 0 Å². The number of benzene rings is 1. The highest BCUT2D eigenvalue weighted by Crippen LogP contribution is 2.12. The minimum absolute atomic E-state index is 0.221. The van der Waals surface area contributed by atoms with Gasteiger partial charge in [0.1, 0.15) is 0 Å². The monoisotopic (exact) mass is 298 g/mol. The van der Waals surface area contributed by atoms with Crippen molar-refractivity contribution in [2.24, 2.45) is 0 Å². The van der Waals surface area contributed by atoms with Crippen molar-refractivity contribution in [3.05, 3.63) is 34.9 Å². The predicted molar refractivity (Wildman–Crippen MR) is 82.5 cm³/mol. The topological polar surface area (TPSA) is 24.5 Å². The van der Waals surface area contributed by atoms with Crippen LogP contribution in [-0.2, 0) is 11.3 Å². The summed E-state index contributed by atoms with van der Waals surface area (Å²) in [5.41, 5.74) is 1.17. The molecule has 0 spiro atoms. The summed E-state index contributed by atoms with van der Waals surface area (Å²) < 4.78 is 5.70. The van der Waals surface area contributed by atoms with Crippen molar-refractivity contribution in [3.63, 3.8) is 0 Å². The van der Waals surface area contributed by atoms with E-state index in [0.29, 0.717) is 0 Å². The van der Waals surface area contributed by atoms with E-state index in [4.69, 9.17) is 28.6 Å². The number of hydrogen-bond acceptors (Lipinski definition) is 2. The normalized spacial score (nSPS) is 23.2. The van der Waals surface area contributed by atoms with Crippen molar-refractivity contribution < 1.29 is 4.74 Å². The number of nitrogens with one attached hydrogen (secondary N) is 1. The number of thiocarbonyl (C=S) groups is 1. The first-order chi connectivity index (χ1) is 9.04. The van der Waals surface area contributed by atoms with E-state index in [2.05, 4.69) is 24.1 Å². The van der Waals surface area contributed by atoms with Crippen molar-refractivity contribution in [1.29, 1.82) is 0 Å². The Morgan fingerprint density at radius 3 is 2.47 bits per heavy atom. The minimum Gasteiger partial charge on any atom is -0.372 e. The van der Waals surface area contributed by atoms with E-state index >= 15 is 0 Å². The first-order valence-corrected chi connectivity index (χ1v) is 7.26. The van der Waals surface area contributed by atoms with Gasteiger partial charge in [-0.1, -0.05) is 23.7 Å². The molecule has 1 saturated heterocycles. The van der Waals surface area contributed by atoms with Crippen LogP contribution in [-0.4, -0.2) is 35.3 Å². The lowest BCUT2D eigenvalue weighted by atomic mass is 10.2. The van der Waals surface area contributed by atoms with Gasteiger partial charge in [-0.2, -0.15) is 0 Å². The van der Waals surface area contributed by atoms with Gasteiger partial charge in [0, 0.05) is 24.7 Å². The molecule has 1 aromatic rings. The fourth-order valence-corrected chi connectivity index (χ4v) is 2.58. The molecule has 0 aromatic heterocycles. The second-order valence-electron chi connectivity index (χ2n) is 4.95. The number of nitrogens with zero attached hydrogens (tertiary/aromatic N) is 1. The molecule has 0 aliphatic carbocycles. The Balaban J connectivity index is 1.85. The van der Waals surface area contributed by atoms with Gasteiger partial charge in [-0.05, 0) is 43.8 Å². The number of ether oxygens (including phenoxy) is 1. The summed E-state index contributed by atoms with van der Waals surface area (Å²) >= 11 is 11.3. The van der Waals surface area contributed by atoms with Crippen LogP contribution in [0.1, 0.15) is 19.4 Å².